The standard InChI is InChI=1S/C19H16N2O4/c1-10-3-4-11(2)16-14(10)9-15(24-16)17-20-18(25-21-17)12-5-7-13(8-6-12)19(22)23/h3-9,19,22-23H,1-2H3. The number of furan rings is 1. The molecule has 0 atom stereocenters. The molecule has 0 aliphatic rings. The van der Waals surface area contributed by atoms with Gasteiger partial charge in [0.15, 0.2) is 12.1 Å². The largest absolute Gasteiger partial charge is 0.452 e. The lowest BCUT2D eigenvalue weighted by molar-refractivity contribution is -0.0424. The van der Waals surface area contributed by atoms with Crippen LogP contribution >= 0.6 is 0 Å². The van der Waals surface area contributed by atoms with Gasteiger partial charge in [0.05, 0.1) is 0 Å². The Labute approximate surface area is 143 Å². The first kappa shape index (κ1) is 15.6. The Kier molecular flexibility index (Phi) is 3.63. The minimum Gasteiger partial charge on any atom is -0.452 e. The summed E-state index contributed by atoms with van der Waals surface area (Å²) in [6.07, 6.45) is -1.51. The molecule has 2 heterocycles. The molecule has 0 fully saturated rings. The number of aliphatic hydroxyl groups is 2. The van der Waals surface area contributed by atoms with Gasteiger partial charge in [0.2, 0.25) is 5.82 Å². The molecule has 25 heavy (non-hydrogen) atoms. The second kappa shape index (κ2) is 5.84. The molecule has 4 rings (SSSR count). The quantitative estimate of drug-likeness (QED) is 0.554. The number of aliphatic hydroxyl groups excluding tert-OH is 1. The molecule has 0 aliphatic heterocycles. The van der Waals surface area contributed by atoms with Gasteiger partial charge in [-0.25, -0.2) is 0 Å². The van der Waals surface area contributed by atoms with Crippen molar-refractivity contribution in [3.05, 3.63) is 59.2 Å². The van der Waals surface area contributed by atoms with Crippen LogP contribution in [0.25, 0.3) is 34.0 Å². The van der Waals surface area contributed by atoms with E-state index in [2.05, 4.69) is 16.2 Å². The van der Waals surface area contributed by atoms with Crippen molar-refractivity contribution in [2.24, 2.45) is 0 Å². The summed E-state index contributed by atoms with van der Waals surface area (Å²) in [7, 11) is 0. The normalized spacial score (nSPS) is 11.6. The first-order valence-corrected chi connectivity index (χ1v) is 7.83. The Morgan fingerprint density at radius 1 is 0.960 bits per heavy atom. The van der Waals surface area contributed by atoms with Crippen LogP contribution < -0.4 is 0 Å². The highest BCUT2D eigenvalue weighted by molar-refractivity contribution is 5.87. The van der Waals surface area contributed by atoms with Crippen molar-refractivity contribution in [1.82, 2.24) is 10.1 Å². The van der Waals surface area contributed by atoms with Crippen molar-refractivity contribution in [1.29, 1.82) is 0 Å². The van der Waals surface area contributed by atoms with Crippen molar-refractivity contribution in [2.75, 3.05) is 0 Å². The third-order valence-electron chi connectivity index (χ3n) is 4.20. The zero-order valence-electron chi connectivity index (χ0n) is 13.7. The summed E-state index contributed by atoms with van der Waals surface area (Å²) in [5.74, 6) is 1.25. The van der Waals surface area contributed by atoms with E-state index >= 15 is 0 Å². The van der Waals surface area contributed by atoms with E-state index in [4.69, 9.17) is 19.2 Å². The molecule has 0 saturated carbocycles. The Hall–Kier alpha value is -2.96. The number of hydrogen-bond acceptors (Lipinski definition) is 6. The maximum absolute atomic E-state index is 9.14. The molecule has 6 nitrogen and oxygen atoms in total. The number of fused-ring (bicyclic) bond motifs is 1. The number of rotatable bonds is 3. The predicted octanol–water partition coefficient (Wildman–Crippen LogP) is 3.75. The monoisotopic (exact) mass is 336 g/mol. The summed E-state index contributed by atoms with van der Waals surface area (Å²) < 4.78 is 11.2. The number of aryl methyl sites for hydroxylation is 2. The van der Waals surface area contributed by atoms with Crippen molar-refractivity contribution >= 4 is 11.0 Å². The summed E-state index contributed by atoms with van der Waals surface area (Å²) in [5, 5.41) is 23.3. The minimum absolute atomic E-state index is 0.336. The van der Waals surface area contributed by atoms with E-state index in [0.717, 1.165) is 22.1 Å². The average molecular weight is 336 g/mol. The van der Waals surface area contributed by atoms with Gasteiger partial charge in [-0.1, -0.05) is 29.4 Å². The second-order valence-electron chi connectivity index (χ2n) is 5.97. The van der Waals surface area contributed by atoms with Crippen molar-refractivity contribution < 1.29 is 19.2 Å². The van der Waals surface area contributed by atoms with Crippen LogP contribution in [-0.4, -0.2) is 20.4 Å². The highest BCUT2D eigenvalue weighted by atomic mass is 16.5. The van der Waals surface area contributed by atoms with Crippen LogP contribution in [0.5, 0.6) is 0 Å². The van der Waals surface area contributed by atoms with Gasteiger partial charge in [0, 0.05) is 16.5 Å². The van der Waals surface area contributed by atoms with Crippen LogP contribution in [0.3, 0.4) is 0 Å². The van der Waals surface area contributed by atoms with E-state index in [1.54, 1.807) is 24.3 Å². The Morgan fingerprint density at radius 2 is 1.68 bits per heavy atom. The molecule has 4 aromatic rings. The van der Waals surface area contributed by atoms with Crippen LogP contribution in [0, 0.1) is 13.8 Å². The molecule has 2 aromatic heterocycles. The number of hydrogen-bond donors (Lipinski definition) is 2. The van der Waals surface area contributed by atoms with Crippen LogP contribution in [0.1, 0.15) is 23.0 Å². The summed E-state index contributed by atoms with van der Waals surface area (Å²) in [4.78, 5) is 4.38. The molecule has 0 aliphatic carbocycles. The first-order valence-electron chi connectivity index (χ1n) is 7.83. The van der Waals surface area contributed by atoms with Crippen molar-refractivity contribution in [3.63, 3.8) is 0 Å². The smallest absolute Gasteiger partial charge is 0.258 e. The van der Waals surface area contributed by atoms with Gasteiger partial charge in [-0.3, -0.25) is 0 Å². The Balaban J connectivity index is 1.72. The molecular weight excluding hydrogens is 320 g/mol. The third-order valence-corrected chi connectivity index (χ3v) is 4.20. The average Bonchev–Trinajstić information content (AvgIpc) is 3.26. The molecule has 0 bridgehead atoms. The molecule has 6 heteroatoms. The predicted molar refractivity (Wildman–Crippen MR) is 91.6 cm³/mol. The Morgan fingerprint density at radius 3 is 2.36 bits per heavy atom. The molecule has 0 unspecified atom stereocenters. The summed E-state index contributed by atoms with van der Waals surface area (Å²) in [5.41, 5.74) is 4.08. The molecule has 0 amide bonds. The fourth-order valence-corrected chi connectivity index (χ4v) is 2.74. The fourth-order valence-electron chi connectivity index (χ4n) is 2.74. The number of nitrogens with zero attached hydrogens (tertiary/aromatic N) is 2. The fraction of sp³-hybridized carbons (Fsp3) is 0.158. The van der Waals surface area contributed by atoms with E-state index in [9.17, 15) is 0 Å². The summed E-state index contributed by atoms with van der Waals surface area (Å²) >= 11 is 0. The molecule has 0 saturated heterocycles. The SMILES string of the molecule is Cc1ccc(C)c2oc(-c3noc(-c4ccc(C(O)O)cc4)n3)cc12. The topological polar surface area (TPSA) is 92.5 Å². The minimum atomic E-state index is -1.51. The Bertz CT molecular complexity index is 1010. The van der Waals surface area contributed by atoms with Gasteiger partial charge in [-0.05, 0) is 43.2 Å². The first-order chi connectivity index (χ1) is 12.0. The van der Waals surface area contributed by atoms with Gasteiger partial charge in [0.1, 0.15) is 5.58 Å². The van der Waals surface area contributed by atoms with Gasteiger partial charge >= 0.3 is 0 Å². The molecule has 126 valence electrons. The highest BCUT2D eigenvalue weighted by Crippen LogP contribution is 2.31. The van der Waals surface area contributed by atoms with Crippen LogP contribution in [0.2, 0.25) is 0 Å². The second-order valence-corrected chi connectivity index (χ2v) is 5.97. The molecule has 2 N–H and O–H groups in total. The van der Waals surface area contributed by atoms with Crippen molar-refractivity contribution in [3.8, 4) is 23.0 Å². The molecule has 2 aromatic carbocycles. The lowest BCUT2D eigenvalue weighted by Gasteiger charge is -2.02. The summed E-state index contributed by atoms with van der Waals surface area (Å²) in [6, 6.07) is 12.6. The number of aromatic nitrogens is 2. The van der Waals surface area contributed by atoms with Gasteiger partial charge < -0.3 is 19.2 Å². The van der Waals surface area contributed by atoms with E-state index in [1.807, 2.05) is 26.0 Å². The number of benzene rings is 2. The van der Waals surface area contributed by atoms with Gasteiger partial charge in [0.25, 0.3) is 5.89 Å². The molecule has 0 radical (unpaired) electrons. The van der Waals surface area contributed by atoms with Gasteiger partial charge in [-0.2, -0.15) is 4.98 Å². The van der Waals surface area contributed by atoms with E-state index in [-0.39, 0.29) is 0 Å². The zero-order chi connectivity index (χ0) is 17.6. The maximum atomic E-state index is 9.14. The van der Waals surface area contributed by atoms with Crippen molar-refractivity contribution in [2.45, 2.75) is 20.1 Å². The van der Waals surface area contributed by atoms with E-state index in [0.29, 0.717) is 28.6 Å². The lowest BCUT2D eigenvalue weighted by atomic mass is 10.1. The van der Waals surface area contributed by atoms with E-state index < -0.39 is 6.29 Å². The van der Waals surface area contributed by atoms with Crippen LogP contribution in [0.4, 0.5) is 0 Å². The zero-order valence-corrected chi connectivity index (χ0v) is 13.7. The molecular formula is C19H16N2O4. The van der Waals surface area contributed by atoms with Crippen LogP contribution in [0.15, 0.2) is 51.4 Å². The molecule has 0 spiro atoms. The lowest BCUT2D eigenvalue weighted by Crippen LogP contribution is -1.93. The van der Waals surface area contributed by atoms with Crippen LogP contribution in [-0.2, 0) is 0 Å². The third kappa shape index (κ3) is 2.71. The van der Waals surface area contributed by atoms with Gasteiger partial charge in [-0.15, -0.1) is 0 Å². The summed E-state index contributed by atoms with van der Waals surface area (Å²) in [6.45, 7) is 4.02. The highest BCUT2D eigenvalue weighted by Gasteiger charge is 2.16. The maximum Gasteiger partial charge on any atom is 0.258 e. The van der Waals surface area contributed by atoms with E-state index in [1.165, 1.54) is 0 Å².